The molecule has 112 valence electrons. The van der Waals surface area contributed by atoms with Gasteiger partial charge in [0, 0.05) is 10.4 Å². The zero-order valence-electron chi connectivity index (χ0n) is 12.3. The van der Waals surface area contributed by atoms with Crippen LogP contribution in [0.25, 0.3) is 11.4 Å². The van der Waals surface area contributed by atoms with E-state index < -0.39 is 0 Å². The molecule has 0 radical (unpaired) electrons. The van der Waals surface area contributed by atoms with Crippen LogP contribution in [-0.2, 0) is 0 Å². The predicted molar refractivity (Wildman–Crippen MR) is 90.7 cm³/mol. The van der Waals surface area contributed by atoms with E-state index in [2.05, 4.69) is 15.2 Å². The van der Waals surface area contributed by atoms with E-state index in [0.29, 0.717) is 10.9 Å². The number of nitrogens with zero attached hydrogens (tertiary/aromatic N) is 2. The number of aryl methyl sites for hydroxylation is 2. The minimum absolute atomic E-state index is 0.116. The molecule has 0 bridgehead atoms. The maximum absolute atomic E-state index is 12.1. The molecule has 2 heterocycles. The summed E-state index contributed by atoms with van der Waals surface area (Å²) in [5.41, 5.74) is 2.19. The van der Waals surface area contributed by atoms with Crippen LogP contribution in [0.3, 0.4) is 0 Å². The second kappa shape index (κ2) is 6.46. The van der Waals surface area contributed by atoms with Crippen LogP contribution in [0.2, 0.25) is 0 Å². The molecule has 0 unspecified atom stereocenters. The lowest BCUT2D eigenvalue weighted by atomic mass is 10.1. The molecule has 1 N–H and O–H groups in total. The van der Waals surface area contributed by atoms with Crippen molar-refractivity contribution < 1.29 is 4.79 Å². The number of hydrogen-bond donors (Lipinski definition) is 1. The van der Waals surface area contributed by atoms with Crippen molar-refractivity contribution in [3.8, 4) is 11.4 Å². The Morgan fingerprint density at radius 3 is 2.64 bits per heavy atom. The lowest BCUT2D eigenvalue weighted by molar-refractivity contribution is 0.102. The van der Waals surface area contributed by atoms with Gasteiger partial charge in [-0.25, -0.2) is 4.98 Å². The van der Waals surface area contributed by atoms with Crippen molar-refractivity contribution in [1.82, 2.24) is 15.2 Å². The fraction of sp³-hybridized carbons (Fsp3) is 0.188. The molecule has 1 aromatic carbocycles. The predicted octanol–water partition coefficient (Wildman–Crippen LogP) is 4.13. The van der Waals surface area contributed by atoms with Crippen molar-refractivity contribution >= 4 is 28.9 Å². The Kier molecular flexibility index (Phi) is 4.40. The molecule has 0 amide bonds. The van der Waals surface area contributed by atoms with Crippen LogP contribution < -0.4 is 0 Å². The minimum Gasteiger partial charge on any atom is -0.292 e. The molecule has 0 aliphatic carbocycles. The van der Waals surface area contributed by atoms with Gasteiger partial charge in [-0.15, -0.1) is 16.4 Å². The van der Waals surface area contributed by atoms with Crippen LogP contribution in [0, 0.1) is 13.8 Å². The average Bonchev–Trinajstić information content (AvgIpc) is 3.15. The van der Waals surface area contributed by atoms with E-state index in [1.54, 1.807) is 0 Å². The first-order chi connectivity index (χ1) is 10.6. The van der Waals surface area contributed by atoms with Gasteiger partial charge in [0.05, 0.1) is 10.6 Å². The van der Waals surface area contributed by atoms with E-state index in [1.165, 1.54) is 28.7 Å². The number of rotatable bonds is 5. The summed E-state index contributed by atoms with van der Waals surface area (Å²) in [6.45, 7) is 4.04. The highest BCUT2D eigenvalue weighted by Crippen LogP contribution is 2.22. The third-order valence-corrected chi connectivity index (χ3v) is 5.03. The second-order valence-corrected chi connectivity index (χ2v) is 7.19. The Bertz CT molecular complexity index is 790. The molecule has 0 aliphatic heterocycles. The monoisotopic (exact) mass is 329 g/mol. The zero-order valence-corrected chi connectivity index (χ0v) is 13.9. The summed E-state index contributed by atoms with van der Waals surface area (Å²) in [6, 6.07) is 11.9. The summed E-state index contributed by atoms with van der Waals surface area (Å²) < 4.78 is 0. The number of thiophene rings is 1. The molecule has 0 spiro atoms. The third kappa shape index (κ3) is 3.45. The van der Waals surface area contributed by atoms with Crippen LogP contribution in [0.5, 0.6) is 0 Å². The standard InChI is InChI=1S/C16H15N3OS2/c1-10-3-6-12(7-4-10)15-17-16(19-18-15)21-9-13(20)14-8-5-11(2)22-14/h3-8H,9H2,1-2H3,(H,17,18,19). The Labute approximate surface area is 137 Å². The molecule has 0 saturated heterocycles. The van der Waals surface area contributed by atoms with Crippen LogP contribution in [-0.4, -0.2) is 26.7 Å². The number of thioether (sulfide) groups is 1. The van der Waals surface area contributed by atoms with E-state index in [0.717, 1.165) is 21.1 Å². The third-order valence-electron chi connectivity index (χ3n) is 3.14. The molecule has 22 heavy (non-hydrogen) atoms. The fourth-order valence-corrected chi connectivity index (χ4v) is 3.52. The van der Waals surface area contributed by atoms with Crippen molar-refractivity contribution in [3.05, 3.63) is 51.7 Å². The van der Waals surface area contributed by atoms with Gasteiger partial charge in [-0.2, -0.15) is 0 Å². The minimum atomic E-state index is 0.116. The Balaban J connectivity index is 1.64. The molecule has 0 atom stereocenters. The number of Topliss-reactive ketones (excluding diaryl/α,β-unsaturated/α-hetero) is 1. The van der Waals surface area contributed by atoms with Crippen molar-refractivity contribution in [2.24, 2.45) is 0 Å². The molecule has 0 saturated carbocycles. The highest BCUT2D eigenvalue weighted by molar-refractivity contribution is 7.99. The molecule has 0 fully saturated rings. The van der Waals surface area contributed by atoms with Gasteiger partial charge in [0.2, 0.25) is 5.16 Å². The van der Waals surface area contributed by atoms with Gasteiger partial charge in [0.25, 0.3) is 0 Å². The van der Waals surface area contributed by atoms with Gasteiger partial charge < -0.3 is 0 Å². The van der Waals surface area contributed by atoms with E-state index in [1.807, 2.05) is 50.2 Å². The number of hydrogen-bond acceptors (Lipinski definition) is 5. The van der Waals surface area contributed by atoms with Crippen molar-refractivity contribution in [1.29, 1.82) is 0 Å². The first kappa shape index (κ1) is 15.0. The van der Waals surface area contributed by atoms with Crippen LogP contribution in [0.15, 0.2) is 41.6 Å². The normalized spacial score (nSPS) is 10.8. The summed E-state index contributed by atoms with van der Waals surface area (Å²) in [7, 11) is 0. The molecule has 3 aromatic rings. The summed E-state index contributed by atoms with van der Waals surface area (Å²) in [6.07, 6.45) is 0. The molecule has 4 nitrogen and oxygen atoms in total. The largest absolute Gasteiger partial charge is 0.292 e. The van der Waals surface area contributed by atoms with Gasteiger partial charge >= 0.3 is 0 Å². The molecule has 6 heteroatoms. The number of carbonyl (C=O) groups is 1. The molecule has 0 aliphatic rings. The van der Waals surface area contributed by atoms with Crippen molar-refractivity contribution in [3.63, 3.8) is 0 Å². The smallest absolute Gasteiger partial charge is 0.209 e. The lowest BCUT2D eigenvalue weighted by Crippen LogP contribution is -1.99. The number of ketones is 1. The number of benzene rings is 1. The highest BCUT2D eigenvalue weighted by atomic mass is 32.2. The van der Waals surface area contributed by atoms with Gasteiger partial charge in [-0.1, -0.05) is 41.6 Å². The zero-order chi connectivity index (χ0) is 15.5. The van der Waals surface area contributed by atoms with Crippen LogP contribution >= 0.6 is 23.1 Å². The second-order valence-electron chi connectivity index (χ2n) is 4.95. The fourth-order valence-electron chi connectivity index (χ4n) is 1.94. The summed E-state index contributed by atoms with van der Waals surface area (Å²) in [4.78, 5) is 18.4. The number of aromatic nitrogens is 3. The van der Waals surface area contributed by atoms with Crippen LogP contribution in [0.1, 0.15) is 20.1 Å². The van der Waals surface area contributed by atoms with E-state index in [4.69, 9.17) is 0 Å². The first-order valence-electron chi connectivity index (χ1n) is 6.84. The summed E-state index contributed by atoms with van der Waals surface area (Å²) >= 11 is 2.88. The molecule has 2 aromatic heterocycles. The Morgan fingerprint density at radius 2 is 1.95 bits per heavy atom. The van der Waals surface area contributed by atoms with Crippen LogP contribution in [0.4, 0.5) is 0 Å². The number of H-pyrrole nitrogens is 1. The Hall–Kier alpha value is -1.92. The summed E-state index contributed by atoms with van der Waals surface area (Å²) in [5, 5.41) is 7.68. The van der Waals surface area contributed by atoms with E-state index in [9.17, 15) is 4.79 Å². The van der Waals surface area contributed by atoms with E-state index in [-0.39, 0.29) is 5.78 Å². The topological polar surface area (TPSA) is 58.6 Å². The quantitative estimate of drug-likeness (QED) is 0.565. The highest BCUT2D eigenvalue weighted by Gasteiger charge is 2.12. The first-order valence-corrected chi connectivity index (χ1v) is 8.64. The molecule has 3 rings (SSSR count). The van der Waals surface area contributed by atoms with E-state index >= 15 is 0 Å². The van der Waals surface area contributed by atoms with Gasteiger partial charge in [0.15, 0.2) is 11.6 Å². The molecular formula is C16H15N3OS2. The van der Waals surface area contributed by atoms with Crippen molar-refractivity contribution in [2.75, 3.05) is 5.75 Å². The molecular weight excluding hydrogens is 314 g/mol. The number of aromatic amines is 1. The van der Waals surface area contributed by atoms with Crippen molar-refractivity contribution in [2.45, 2.75) is 19.0 Å². The maximum Gasteiger partial charge on any atom is 0.209 e. The van der Waals surface area contributed by atoms with Gasteiger partial charge in [-0.3, -0.25) is 9.89 Å². The number of nitrogens with one attached hydrogen (secondary N) is 1. The average molecular weight is 329 g/mol. The van der Waals surface area contributed by atoms with Gasteiger partial charge in [-0.05, 0) is 26.0 Å². The SMILES string of the molecule is Cc1ccc(-c2nc(SCC(=O)c3ccc(C)s3)n[nH]2)cc1. The summed E-state index contributed by atoms with van der Waals surface area (Å²) in [5.74, 6) is 1.19. The Morgan fingerprint density at radius 1 is 1.18 bits per heavy atom. The number of carbonyl (C=O) groups excluding carboxylic acids is 1. The maximum atomic E-state index is 12.1. The lowest BCUT2D eigenvalue weighted by Gasteiger charge is -1.96. The van der Waals surface area contributed by atoms with Gasteiger partial charge in [0.1, 0.15) is 0 Å².